The molecule has 7 heteroatoms. The number of carbonyl (C=O) groups is 1. The maximum Gasteiger partial charge on any atom is 0.192 e. The van der Waals surface area contributed by atoms with Crippen molar-refractivity contribution in [3.8, 4) is 17.0 Å². The standard InChI is InChI=1S/C28H33ClN2O4/c1-17(32)21-12-31-23(11-24(21)33)20-9-22(29)25(10-19(20)18-5-6-27(2,3)26(18)31)35-8-4-7-30-13-28(14-30)15-34-16-28/h9-12,18,26H,4-8,13-16H2,1-3H3/t18-,26+/m1/s1. The molecule has 3 fully saturated rings. The zero-order valence-corrected chi connectivity index (χ0v) is 21.5. The summed E-state index contributed by atoms with van der Waals surface area (Å²) in [6.07, 6.45) is 4.86. The number of aromatic nitrogens is 1. The van der Waals surface area contributed by atoms with Crippen LogP contribution in [0.15, 0.2) is 29.2 Å². The Bertz CT molecular complexity index is 1250. The second kappa shape index (κ2) is 8.19. The fraction of sp³-hybridized carbons (Fsp3) is 0.571. The third-order valence-corrected chi connectivity index (χ3v) is 8.93. The van der Waals surface area contributed by atoms with Gasteiger partial charge in [0.25, 0.3) is 0 Å². The predicted octanol–water partition coefficient (Wildman–Crippen LogP) is 4.93. The van der Waals surface area contributed by atoms with Crippen molar-refractivity contribution in [1.29, 1.82) is 0 Å². The van der Waals surface area contributed by atoms with Gasteiger partial charge in [-0.1, -0.05) is 25.4 Å². The molecular formula is C28H33ClN2O4. The number of ether oxygens (including phenoxy) is 2. The maximum absolute atomic E-state index is 12.8. The highest BCUT2D eigenvalue weighted by Crippen LogP contribution is 2.59. The minimum Gasteiger partial charge on any atom is -0.492 e. The van der Waals surface area contributed by atoms with E-state index in [0.717, 1.165) is 69.1 Å². The van der Waals surface area contributed by atoms with Crippen LogP contribution in [0.25, 0.3) is 11.3 Å². The summed E-state index contributed by atoms with van der Waals surface area (Å²) in [6.45, 7) is 11.8. The quantitative estimate of drug-likeness (QED) is 0.419. The highest BCUT2D eigenvalue weighted by molar-refractivity contribution is 6.32. The van der Waals surface area contributed by atoms with Gasteiger partial charge in [-0.25, -0.2) is 0 Å². The number of likely N-dealkylation sites (tertiary alicyclic amines) is 1. The molecule has 0 bridgehead atoms. The Morgan fingerprint density at radius 3 is 2.69 bits per heavy atom. The lowest BCUT2D eigenvalue weighted by Gasteiger charge is -2.55. The second-order valence-corrected chi connectivity index (χ2v) is 12.2. The summed E-state index contributed by atoms with van der Waals surface area (Å²) >= 11 is 6.70. The fourth-order valence-electron chi connectivity index (χ4n) is 6.85. The second-order valence-electron chi connectivity index (χ2n) is 11.8. The zero-order valence-electron chi connectivity index (χ0n) is 20.7. The molecule has 1 saturated carbocycles. The molecule has 6 rings (SSSR count). The smallest absolute Gasteiger partial charge is 0.192 e. The molecule has 6 nitrogen and oxygen atoms in total. The lowest BCUT2D eigenvalue weighted by atomic mass is 9.77. The van der Waals surface area contributed by atoms with Crippen molar-refractivity contribution < 1.29 is 14.3 Å². The average molecular weight is 497 g/mol. The molecular weight excluding hydrogens is 464 g/mol. The van der Waals surface area contributed by atoms with Crippen molar-refractivity contribution in [2.24, 2.45) is 10.8 Å². The van der Waals surface area contributed by atoms with E-state index in [-0.39, 0.29) is 34.2 Å². The monoisotopic (exact) mass is 496 g/mol. The van der Waals surface area contributed by atoms with Crippen molar-refractivity contribution in [2.75, 3.05) is 39.5 Å². The van der Waals surface area contributed by atoms with Crippen LogP contribution in [0.4, 0.5) is 0 Å². The number of hydrogen-bond acceptors (Lipinski definition) is 5. The van der Waals surface area contributed by atoms with Crippen molar-refractivity contribution in [3.63, 3.8) is 0 Å². The Kier molecular flexibility index (Phi) is 5.44. The van der Waals surface area contributed by atoms with Crippen molar-refractivity contribution in [2.45, 2.75) is 52.0 Å². The van der Waals surface area contributed by atoms with Crippen LogP contribution in [-0.4, -0.2) is 54.7 Å². The normalized spacial score (nSPS) is 25.3. The van der Waals surface area contributed by atoms with E-state index in [2.05, 4.69) is 29.4 Å². The summed E-state index contributed by atoms with van der Waals surface area (Å²) in [5.74, 6) is 0.813. The van der Waals surface area contributed by atoms with E-state index in [1.807, 2.05) is 6.07 Å². The van der Waals surface area contributed by atoms with Gasteiger partial charge in [-0.15, -0.1) is 0 Å². The van der Waals surface area contributed by atoms with Crippen molar-refractivity contribution in [3.05, 3.63) is 50.8 Å². The summed E-state index contributed by atoms with van der Waals surface area (Å²) in [5.41, 5.74) is 3.51. The van der Waals surface area contributed by atoms with Gasteiger partial charge < -0.3 is 18.9 Å². The summed E-state index contributed by atoms with van der Waals surface area (Å²) < 4.78 is 13.7. The molecule has 0 radical (unpaired) electrons. The molecule has 1 aliphatic carbocycles. The number of Topliss-reactive ketones (excluding diaryl/α,β-unsaturated/α-hetero) is 1. The summed E-state index contributed by atoms with van der Waals surface area (Å²) in [5, 5.41) is 0.559. The number of hydrogen-bond donors (Lipinski definition) is 0. The van der Waals surface area contributed by atoms with Gasteiger partial charge in [0.05, 0.1) is 36.1 Å². The largest absolute Gasteiger partial charge is 0.492 e. The van der Waals surface area contributed by atoms with E-state index in [4.69, 9.17) is 21.1 Å². The van der Waals surface area contributed by atoms with Crippen LogP contribution >= 0.6 is 11.6 Å². The van der Waals surface area contributed by atoms with Gasteiger partial charge in [-0.05, 0) is 49.3 Å². The number of rotatable bonds is 6. The summed E-state index contributed by atoms with van der Waals surface area (Å²) in [7, 11) is 0. The molecule has 2 atom stereocenters. The van der Waals surface area contributed by atoms with Gasteiger partial charge in [-0.2, -0.15) is 0 Å². The highest BCUT2D eigenvalue weighted by atomic mass is 35.5. The predicted molar refractivity (Wildman–Crippen MR) is 136 cm³/mol. The maximum atomic E-state index is 12.8. The van der Waals surface area contributed by atoms with Crippen LogP contribution in [0.1, 0.15) is 67.9 Å². The molecule has 2 aromatic rings. The molecule has 35 heavy (non-hydrogen) atoms. The van der Waals surface area contributed by atoms with Gasteiger partial charge in [0, 0.05) is 54.8 Å². The number of ketones is 1. The molecule has 0 unspecified atom stereocenters. The van der Waals surface area contributed by atoms with Gasteiger partial charge in [0.2, 0.25) is 0 Å². The molecule has 4 aliphatic rings. The average Bonchev–Trinajstić information content (AvgIpc) is 3.06. The van der Waals surface area contributed by atoms with E-state index in [1.54, 1.807) is 12.3 Å². The van der Waals surface area contributed by atoms with Crippen LogP contribution in [0.3, 0.4) is 0 Å². The molecule has 1 aromatic carbocycles. The molecule has 0 N–H and O–H groups in total. The van der Waals surface area contributed by atoms with Crippen LogP contribution in [0.2, 0.25) is 5.02 Å². The lowest BCUT2D eigenvalue weighted by molar-refractivity contribution is -0.189. The minimum absolute atomic E-state index is 0.0426. The Morgan fingerprint density at radius 1 is 1.23 bits per heavy atom. The summed E-state index contributed by atoms with van der Waals surface area (Å²) in [4.78, 5) is 27.4. The summed E-state index contributed by atoms with van der Waals surface area (Å²) in [6, 6.07) is 5.84. The zero-order chi connectivity index (χ0) is 24.5. The van der Waals surface area contributed by atoms with Crippen LogP contribution in [0, 0.1) is 10.8 Å². The number of nitrogens with zero attached hydrogens (tertiary/aromatic N) is 2. The molecule has 186 valence electrons. The van der Waals surface area contributed by atoms with Crippen LogP contribution in [0.5, 0.6) is 5.75 Å². The van der Waals surface area contributed by atoms with Gasteiger partial charge in [0.1, 0.15) is 5.75 Å². The highest BCUT2D eigenvalue weighted by Gasteiger charge is 2.49. The minimum atomic E-state index is -0.235. The number of halogens is 1. The Labute approximate surface area is 211 Å². The molecule has 1 spiro atoms. The third-order valence-electron chi connectivity index (χ3n) is 8.63. The first-order chi connectivity index (χ1) is 16.7. The lowest BCUT2D eigenvalue weighted by Crippen LogP contribution is -2.65. The van der Waals surface area contributed by atoms with E-state index in [1.165, 1.54) is 12.5 Å². The van der Waals surface area contributed by atoms with Gasteiger partial charge in [-0.3, -0.25) is 9.59 Å². The van der Waals surface area contributed by atoms with Crippen molar-refractivity contribution >= 4 is 17.4 Å². The van der Waals surface area contributed by atoms with E-state index in [0.29, 0.717) is 17.0 Å². The van der Waals surface area contributed by atoms with E-state index in [9.17, 15) is 9.59 Å². The number of benzene rings is 1. The molecule has 3 aliphatic heterocycles. The van der Waals surface area contributed by atoms with Crippen molar-refractivity contribution in [1.82, 2.24) is 9.47 Å². The SMILES string of the molecule is CC(=O)c1cn2c(cc1=O)-c1cc(Cl)c(OCCCN3CC4(COC4)C3)cc1[C@H]1CCC(C)(C)[C@H]12. The number of pyridine rings is 1. The van der Waals surface area contributed by atoms with Crippen LogP contribution < -0.4 is 10.2 Å². The molecule has 4 heterocycles. The van der Waals surface area contributed by atoms with Gasteiger partial charge >= 0.3 is 0 Å². The Hall–Kier alpha value is -2.15. The third kappa shape index (κ3) is 3.76. The molecule has 0 amide bonds. The number of fused-ring (bicyclic) bond motifs is 6. The molecule has 2 saturated heterocycles. The van der Waals surface area contributed by atoms with E-state index < -0.39 is 0 Å². The topological polar surface area (TPSA) is 60.8 Å². The Balaban J connectivity index is 1.26. The van der Waals surface area contributed by atoms with Crippen LogP contribution in [-0.2, 0) is 4.74 Å². The fourth-order valence-corrected chi connectivity index (χ4v) is 7.06. The van der Waals surface area contributed by atoms with E-state index >= 15 is 0 Å². The first kappa shape index (κ1) is 23.3. The number of carbonyl (C=O) groups excluding carboxylic acids is 1. The molecule has 1 aromatic heterocycles. The first-order valence-corrected chi connectivity index (χ1v) is 13.1. The first-order valence-electron chi connectivity index (χ1n) is 12.7. The Morgan fingerprint density at radius 2 is 2.00 bits per heavy atom. The van der Waals surface area contributed by atoms with Gasteiger partial charge in [0.15, 0.2) is 11.2 Å².